The number of ketones is 1. The zero-order valence-electron chi connectivity index (χ0n) is 21.4. The van der Waals surface area contributed by atoms with Gasteiger partial charge in [-0.05, 0) is 47.9 Å². The standard InChI is InChI=1S/C30H24ClNO7/c1-16-6-4-5-7-21(16)25-24(26(33)22-13-19-12-20(31)14-23(37-2)28(19)39-22)27(34)29(35)32(25)15-17-8-10-18(11-9-17)30(36)38-3/h4-14,25,34H,15H2,1-3H3. The molecule has 1 aliphatic heterocycles. The number of nitrogens with zero attached hydrogens (tertiary/aromatic N) is 1. The van der Waals surface area contributed by atoms with E-state index in [1.54, 1.807) is 36.4 Å². The minimum Gasteiger partial charge on any atom is -0.503 e. The number of rotatable bonds is 7. The molecule has 0 saturated heterocycles. The topological polar surface area (TPSA) is 106 Å². The maximum absolute atomic E-state index is 13.9. The number of hydrogen-bond acceptors (Lipinski definition) is 7. The van der Waals surface area contributed by atoms with E-state index in [-0.39, 0.29) is 17.9 Å². The molecular formula is C30H24ClNO7. The van der Waals surface area contributed by atoms with Crippen molar-refractivity contribution >= 4 is 40.2 Å². The fourth-order valence-corrected chi connectivity index (χ4v) is 5.03. The molecular weight excluding hydrogens is 522 g/mol. The number of aliphatic hydroxyl groups excluding tert-OH is 1. The lowest BCUT2D eigenvalue weighted by Gasteiger charge is -2.28. The maximum Gasteiger partial charge on any atom is 0.337 e. The van der Waals surface area contributed by atoms with Gasteiger partial charge in [-0.2, -0.15) is 0 Å². The monoisotopic (exact) mass is 545 g/mol. The Morgan fingerprint density at radius 2 is 1.77 bits per heavy atom. The first kappa shape index (κ1) is 26.1. The Kier molecular flexibility index (Phi) is 6.89. The van der Waals surface area contributed by atoms with Gasteiger partial charge in [-0.15, -0.1) is 0 Å². The molecule has 0 saturated carbocycles. The Morgan fingerprint density at radius 1 is 1.05 bits per heavy atom. The predicted molar refractivity (Wildman–Crippen MR) is 144 cm³/mol. The number of carbonyl (C=O) groups excluding carboxylic acids is 3. The third kappa shape index (κ3) is 4.64. The van der Waals surface area contributed by atoms with E-state index in [9.17, 15) is 19.5 Å². The summed E-state index contributed by atoms with van der Waals surface area (Å²) < 4.78 is 16.0. The Labute approximate surface area is 229 Å². The van der Waals surface area contributed by atoms with Crippen LogP contribution in [0.2, 0.25) is 5.02 Å². The Morgan fingerprint density at radius 3 is 2.44 bits per heavy atom. The zero-order valence-corrected chi connectivity index (χ0v) is 22.1. The van der Waals surface area contributed by atoms with Gasteiger partial charge in [-0.3, -0.25) is 9.59 Å². The van der Waals surface area contributed by atoms with Gasteiger partial charge in [0.05, 0.1) is 31.4 Å². The number of fused-ring (bicyclic) bond motifs is 1. The predicted octanol–water partition coefficient (Wildman–Crippen LogP) is 5.97. The average Bonchev–Trinajstić information content (AvgIpc) is 3.47. The molecule has 1 atom stereocenters. The van der Waals surface area contributed by atoms with E-state index in [0.717, 1.165) is 5.56 Å². The lowest BCUT2D eigenvalue weighted by atomic mass is 9.92. The average molecular weight is 546 g/mol. The summed E-state index contributed by atoms with van der Waals surface area (Å²) in [4.78, 5) is 40.6. The van der Waals surface area contributed by atoms with Gasteiger partial charge in [0.15, 0.2) is 22.9 Å². The zero-order chi connectivity index (χ0) is 27.8. The number of ether oxygens (including phenoxy) is 2. The molecule has 9 heteroatoms. The molecule has 8 nitrogen and oxygen atoms in total. The van der Waals surface area contributed by atoms with Gasteiger partial charge in [-0.25, -0.2) is 4.79 Å². The van der Waals surface area contributed by atoms with Crippen LogP contribution in [0.5, 0.6) is 5.75 Å². The first-order valence-corrected chi connectivity index (χ1v) is 12.4. The third-order valence-corrected chi connectivity index (χ3v) is 6.97. The van der Waals surface area contributed by atoms with E-state index in [2.05, 4.69) is 0 Å². The molecule has 0 aliphatic carbocycles. The Balaban J connectivity index is 1.58. The molecule has 0 bridgehead atoms. The van der Waals surface area contributed by atoms with Crippen LogP contribution in [0.15, 0.2) is 82.5 Å². The quantitative estimate of drug-likeness (QED) is 0.225. The van der Waals surface area contributed by atoms with Crippen LogP contribution in [0.3, 0.4) is 0 Å². The van der Waals surface area contributed by atoms with Crippen molar-refractivity contribution in [2.24, 2.45) is 0 Å². The third-order valence-electron chi connectivity index (χ3n) is 6.75. The van der Waals surface area contributed by atoms with Crippen molar-refractivity contribution < 1.29 is 33.4 Å². The molecule has 3 aromatic carbocycles. The van der Waals surface area contributed by atoms with Gasteiger partial charge in [0.25, 0.3) is 5.91 Å². The first-order valence-electron chi connectivity index (χ1n) is 12.0. The van der Waals surface area contributed by atoms with E-state index in [4.69, 9.17) is 25.5 Å². The van der Waals surface area contributed by atoms with Gasteiger partial charge < -0.3 is 23.9 Å². The van der Waals surface area contributed by atoms with E-state index in [0.29, 0.717) is 38.4 Å². The highest BCUT2D eigenvalue weighted by Crippen LogP contribution is 2.42. The van der Waals surface area contributed by atoms with Crippen molar-refractivity contribution in [2.45, 2.75) is 19.5 Å². The van der Waals surface area contributed by atoms with E-state index in [1.807, 2.05) is 31.2 Å². The highest BCUT2D eigenvalue weighted by Gasteiger charge is 2.45. The molecule has 1 aromatic heterocycles. The van der Waals surface area contributed by atoms with E-state index < -0.39 is 29.5 Å². The van der Waals surface area contributed by atoms with Crippen LogP contribution in [0.25, 0.3) is 11.0 Å². The normalized spacial score (nSPS) is 15.2. The van der Waals surface area contributed by atoms with Gasteiger partial charge in [0, 0.05) is 23.0 Å². The summed E-state index contributed by atoms with van der Waals surface area (Å²) in [5.74, 6) is -2.17. The second-order valence-corrected chi connectivity index (χ2v) is 9.55. The van der Waals surface area contributed by atoms with Crippen LogP contribution in [-0.2, 0) is 16.1 Å². The van der Waals surface area contributed by atoms with Gasteiger partial charge >= 0.3 is 5.97 Å². The molecule has 39 heavy (non-hydrogen) atoms. The summed E-state index contributed by atoms with van der Waals surface area (Å²) in [7, 11) is 2.76. The van der Waals surface area contributed by atoms with Gasteiger partial charge in [0.1, 0.15) is 0 Å². The molecule has 1 aliphatic rings. The molecule has 0 radical (unpaired) electrons. The van der Waals surface area contributed by atoms with Crippen LogP contribution < -0.4 is 4.74 Å². The summed E-state index contributed by atoms with van der Waals surface area (Å²) in [6.07, 6.45) is 0. The molecule has 0 spiro atoms. The highest BCUT2D eigenvalue weighted by molar-refractivity contribution is 6.31. The smallest absolute Gasteiger partial charge is 0.337 e. The molecule has 5 rings (SSSR count). The van der Waals surface area contributed by atoms with Gasteiger partial charge in [0.2, 0.25) is 5.78 Å². The number of furan rings is 1. The summed E-state index contributed by atoms with van der Waals surface area (Å²) >= 11 is 6.18. The number of esters is 1. The molecule has 4 aromatic rings. The lowest BCUT2D eigenvalue weighted by molar-refractivity contribution is -0.130. The number of aliphatic hydroxyl groups is 1. The number of amides is 1. The lowest BCUT2D eigenvalue weighted by Crippen LogP contribution is -2.31. The molecule has 198 valence electrons. The molecule has 0 fully saturated rings. The second kappa shape index (κ2) is 10.3. The Bertz CT molecular complexity index is 1650. The number of halogens is 1. The Hall–Kier alpha value is -4.56. The highest BCUT2D eigenvalue weighted by atomic mass is 35.5. The van der Waals surface area contributed by atoms with Crippen molar-refractivity contribution in [1.82, 2.24) is 4.90 Å². The fraction of sp³-hybridized carbons (Fsp3) is 0.167. The number of benzene rings is 3. The molecule has 2 heterocycles. The summed E-state index contributed by atoms with van der Waals surface area (Å²) in [5, 5.41) is 12.0. The summed E-state index contributed by atoms with van der Waals surface area (Å²) in [5.41, 5.74) is 2.80. The van der Waals surface area contributed by atoms with Gasteiger partial charge in [-0.1, -0.05) is 48.0 Å². The van der Waals surface area contributed by atoms with Crippen molar-refractivity contribution in [2.75, 3.05) is 14.2 Å². The minimum atomic E-state index is -0.884. The van der Waals surface area contributed by atoms with Crippen LogP contribution in [0.4, 0.5) is 0 Å². The largest absolute Gasteiger partial charge is 0.503 e. The number of methoxy groups -OCH3 is 2. The van der Waals surface area contributed by atoms with Crippen LogP contribution in [-0.4, -0.2) is 41.9 Å². The van der Waals surface area contributed by atoms with Crippen molar-refractivity contribution in [1.29, 1.82) is 0 Å². The fourth-order valence-electron chi connectivity index (χ4n) is 4.81. The minimum absolute atomic E-state index is 0.0669. The first-order chi connectivity index (χ1) is 18.7. The van der Waals surface area contributed by atoms with Crippen LogP contribution >= 0.6 is 11.6 Å². The number of carbonyl (C=O) groups is 3. The number of hydrogen-bond donors (Lipinski definition) is 1. The SMILES string of the molecule is COC(=O)c1ccc(CN2C(=O)C(O)=C(C(=O)c3cc4cc(Cl)cc(OC)c4o3)C2c2ccccc2C)cc1. The molecule has 1 unspecified atom stereocenters. The van der Waals surface area contributed by atoms with Crippen molar-refractivity contribution in [3.63, 3.8) is 0 Å². The van der Waals surface area contributed by atoms with Crippen molar-refractivity contribution in [3.8, 4) is 5.75 Å². The van der Waals surface area contributed by atoms with E-state index >= 15 is 0 Å². The second-order valence-electron chi connectivity index (χ2n) is 9.11. The van der Waals surface area contributed by atoms with E-state index in [1.165, 1.54) is 25.2 Å². The molecule has 1 N–H and O–H groups in total. The summed E-state index contributed by atoms with van der Waals surface area (Å²) in [6, 6.07) is 17.8. The van der Waals surface area contributed by atoms with Crippen LogP contribution in [0.1, 0.15) is 43.6 Å². The summed E-state index contributed by atoms with van der Waals surface area (Å²) in [6.45, 7) is 1.94. The molecule has 1 amide bonds. The van der Waals surface area contributed by atoms with Crippen molar-refractivity contribution in [3.05, 3.63) is 111 Å². The van der Waals surface area contributed by atoms with Crippen LogP contribution in [0, 0.1) is 6.92 Å². The maximum atomic E-state index is 13.9. The number of aryl methyl sites for hydroxylation is 1. The number of Topliss-reactive ketones (excluding diaryl/α,β-unsaturated/α-hetero) is 1.